The molecule has 2 aromatic rings. The molecule has 2 amide bonds. The molecule has 6 nitrogen and oxygen atoms in total. The zero-order valence-corrected chi connectivity index (χ0v) is 17.5. The Bertz CT molecular complexity index is 800. The van der Waals surface area contributed by atoms with Crippen molar-refractivity contribution in [1.29, 1.82) is 0 Å². The SMILES string of the molecule is CCCc1ccc(OCC(=O)NC2CCN(C(=O)OCc3ccccc3)CC2)cc1. The van der Waals surface area contributed by atoms with Gasteiger partial charge in [-0.1, -0.05) is 55.8 Å². The Morgan fingerprint density at radius 2 is 1.70 bits per heavy atom. The van der Waals surface area contributed by atoms with E-state index in [1.807, 2.05) is 54.6 Å². The summed E-state index contributed by atoms with van der Waals surface area (Å²) in [5.74, 6) is 0.554. The van der Waals surface area contributed by atoms with E-state index in [4.69, 9.17) is 9.47 Å². The minimum absolute atomic E-state index is 0.00748. The summed E-state index contributed by atoms with van der Waals surface area (Å²) in [5, 5.41) is 3.00. The zero-order valence-electron chi connectivity index (χ0n) is 17.5. The number of aryl methyl sites for hydroxylation is 1. The topological polar surface area (TPSA) is 67.9 Å². The van der Waals surface area contributed by atoms with Crippen molar-refractivity contribution in [3.63, 3.8) is 0 Å². The first kappa shape index (κ1) is 21.7. The van der Waals surface area contributed by atoms with Gasteiger partial charge in [0.15, 0.2) is 6.61 Å². The summed E-state index contributed by atoms with van der Waals surface area (Å²) in [7, 11) is 0. The number of nitrogens with one attached hydrogen (secondary N) is 1. The van der Waals surface area contributed by atoms with E-state index in [2.05, 4.69) is 12.2 Å². The number of carbonyl (C=O) groups excluding carboxylic acids is 2. The molecule has 6 heteroatoms. The van der Waals surface area contributed by atoms with Gasteiger partial charge >= 0.3 is 6.09 Å². The van der Waals surface area contributed by atoms with Crippen molar-refractivity contribution in [3.8, 4) is 5.75 Å². The van der Waals surface area contributed by atoms with Crippen LogP contribution in [0.5, 0.6) is 5.75 Å². The van der Waals surface area contributed by atoms with E-state index in [-0.39, 0.29) is 31.3 Å². The number of nitrogens with zero attached hydrogens (tertiary/aromatic N) is 1. The number of piperidine rings is 1. The van der Waals surface area contributed by atoms with Crippen molar-refractivity contribution < 1.29 is 19.1 Å². The standard InChI is InChI=1S/C24H30N2O4/c1-2-6-19-9-11-22(12-10-19)29-18-23(27)25-21-13-15-26(16-14-21)24(28)30-17-20-7-4-3-5-8-20/h3-5,7-12,21H,2,6,13-18H2,1H3,(H,25,27). The Morgan fingerprint density at radius 3 is 2.37 bits per heavy atom. The first-order valence-electron chi connectivity index (χ1n) is 10.6. The van der Waals surface area contributed by atoms with Crippen LogP contribution in [0.3, 0.4) is 0 Å². The Balaban J connectivity index is 1.33. The number of hydrogen-bond acceptors (Lipinski definition) is 4. The van der Waals surface area contributed by atoms with Gasteiger partial charge in [0.05, 0.1) is 0 Å². The van der Waals surface area contributed by atoms with E-state index < -0.39 is 0 Å². The Morgan fingerprint density at radius 1 is 1.00 bits per heavy atom. The molecule has 0 aliphatic carbocycles. The summed E-state index contributed by atoms with van der Waals surface area (Å²) in [5.41, 5.74) is 2.23. The lowest BCUT2D eigenvalue weighted by Gasteiger charge is -2.31. The van der Waals surface area contributed by atoms with Crippen LogP contribution in [-0.4, -0.2) is 42.6 Å². The maximum atomic E-state index is 12.2. The van der Waals surface area contributed by atoms with Crippen molar-refractivity contribution in [2.75, 3.05) is 19.7 Å². The van der Waals surface area contributed by atoms with Crippen LogP contribution in [0.2, 0.25) is 0 Å². The lowest BCUT2D eigenvalue weighted by molar-refractivity contribution is -0.124. The van der Waals surface area contributed by atoms with Crippen LogP contribution < -0.4 is 10.1 Å². The molecule has 160 valence electrons. The van der Waals surface area contributed by atoms with Crippen molar-refractivity contribution in [1.82, 2.24) is 10.2 Å². The predicted molar refractivity (Wildman–Crippen MR) is 115 cm³/mol. The molecule has 0 spiro atoms. The summed E-state index contributed by atoms with van der Waals surface area (Å²) < 4.78 is 11.0. The Labute approximate surface area is 178 Å². The molecular formula is C24H30N2O4. The highest BCUT2D eigenvalue weighted by atomic mass is 16.6. The molecule has 30 heavy (non-hydrogen) atoms. The van der Waals surface area contributed by atoms with Gasteiger partial charge in [0.2, 0.25) is 0 Å². The lowest BCUT2D eigenvalue weighted by atomic mass is 10.1. The smallest absolute Gasteiger partial charge is 0.410 e. The molecule has 0 bridgehead atoms. The summed E-state index contributed by atoms with van der Waals surface area (Å²) in [6.07, 6.45) is 3.25. The average molecular weight is 411 g/mol. The van der Waals surface area contributed by atoms with E-state index in [1.54, 1.807) is 4.90 Å². The van der Waals surface area contributed by atoms with Gasteiger partial charge in [0.1, 0.15) is 12.4 Å². The van der Waals surface area contributed by atoms with Crippen LogP contribution in [0.15, 0.2) is 54.6 Å². The number of likely N-dealkylation sites (tertiary alicyclic amines) is 1. The van der Waals surface area contributed by atoms with Crippen molar-refractivity contribution in [3.05, 3.63) is 65.7 Å². The molecule has 1 saturated heterocycles. The third-order valence-electron chi connectivity index (χ3n) is 5.16. The van der Waals surface area contributed by atoms with E-state index in [1.165, 1.54) is 5.56 Å². The van der Waals surface area contributed by atoms with Crippen LogP contribution in [0, 0.1) is 0 Å². The summed E-state index contributed by atoms with van der Waals surface area (Å²) >= 11 is 0. The second kappa shape index (κ2) is 11.2. The maximum Gasteiger partial charge on any atom is 0.410 e. The van der Waals surface area contributed by atoms with Gasteiger partial charge in [0, 0.05) is 19.1 Å². The monoisotopic (exact) mass is 410 g/mol. The van der Waals surface area contributed by atoms with E-state index in [0.717, 1.165) is 18.4 Å². The molecule has 0 unspecified atom stereocenters. The van der Waals surface area contributed by atoms with Crippen LogP contribution in [0.1, 0.15) is 37.3 Å². The molecule has 1 fully saturated rings. The molecule has 0 saturated carbocycles. The summed E-state index contributed by atoms with van der Waals surface area (Å²) in [4.78, 5) is 26.1. The quantitative estimate of drug-likeness (QED) is 0.716. The van der Waals surface area contributed by atoms with E-state index in [0.29, 0.717) is 31.7 Å². The molecule has 1 heterocycles. The summed E-state index contributed by atoms with van der Waals surface area (Å²) in [6.45, 7) is 3.54. The van der Waals surface area contributed by atoms with Gasteiger partial charge in [0.25, 0.3) is 5.91 Å². The molecule has 0 aromatic heterocycles. The molecule has 3 rings (SSSR count). The van der Waals surface area contributed by atoms with Gasteiger partial charge in [-0.25, -0.2) is 4.79 Å². The fraction of sp³-hybridized carbons (Fsp3) is 0.417. The molecule has 1 N–H and O–H groups in total. The lowest BCUT2D eigenvalue weighted by Crippen LogP contribution is -2.47. The van der Waals surface area contributed by atoms with Gasteiger partial charge in [-0.05, 0) is 42.5 Å². The average Bonchev–Trinajstić information content (AvgIpc) is 2.78. The van der Waals surface area contributed by atoms with Crippen LogP contribution in [0.25, 0.3) is 0 Å². The molecule has 0 radical (unpaired) electrons. The number of hydrogen-bond donors (Lipinski definition) is 1. The largest absolute Gasteiger partial charge is 0.484 e. The van der Waals surface area contributed by atoms with Crippen LogP contribution in [0.4, 0.5) is 4.79 Å². The Kier molecular flexibility index (Phi) is 8.12. The van der Waals surface area contributed by atoms with Gasteiger partial charge in [-0.15, -0.1) is 0 Å². The highest BCUT2D eigenvalue weighted by molar-refractivity contribution is 5.78. The number of benzene rings is 2. The van der Waals surface area contributed by atoms with E-state index in [9.17, 15) is 9.59 Å². The summed E-state index contributed by atoms with van der Waals surface area (Å²) in [6, 6.07) is 17.5. The highest BCUT2D eigenvalue weighted by Crippen LogP contribution is 2.15. The van der Waals surface area contributed by atoms with E-state index >= 15 is 0 Å². The molecule has 0 atom stereocenters. The number of amides is 2. The second-order valence-corrected chi connectivity index (χ2v) is 7.55. The number of ether oxygens (including phenoxy) is 2. The minimum atomic E-state index is -0.307. The third kappa shape index (κ3) is 6.79. The predicted octanol–water partition coefficient (Wildman–Crippen LogP) is 3.94. The van der Waals surface area contributed by atoms with Gasteiger partial charge < -0.3 is 19.7 Å². The first-order valence-corrected chi connectivity index (χ1v) is 10.6. The normalized spacial score (nSPS) is 14.2. The van der Waals surface area contributed by atoms with Crippen LogP contribution in [-0.2, 0) is 22.6 Å². The van der Waals surface area contributed by atoms with Crippen LogP contribution >= 0.6 is 0 Å². The second-order valence-electron chi connectivity index (χ2n) is 7.55. The van der Waals surface area contributed by atoms with Gasteiger partial charge in [-0.3, -0.25) is 4.79 Å². The highest BCUT2D eigenvalue weighted by Gasteiger charge is 2.24. The fourth-order valence-corrected chi connectivity index (χ4v) is 3.48. The van der Waals surface area contributed by atoms with Crippen molar-refractivity contribution >= 4 is 12.0 Å². The molecular weight excluding hydrogens is 380 g/mol. The third-order valence-corrected chi connectivity index (χ3v) is 5.16. The van der Waals surface area contributed by atoms with Crippen molar-refractivity contribution in [2.24, 2.45) is 0 Å². The first-order chi connectivity index (χ1) is 14.6. The van der Waals surface area contributed by atoms with Crippen molar-refractivity contribution in [2.45, 2.75) is 45.3 Å². The number of rotatable bonds is 8. The number of carbonyl (C=O) groups is 2. The minimum Gasteiger partial charge on any atom is -0.484 e. The maximum absolute atomic E-state index is 12.2. The zero-order chi connectivity index (χ0) is 21.2. The fourth-order valence-electron chi connectivity index (χ4n) is 3.48. The molecule has 1 aliphatic rings. The van der Waals surface area contributed by atoms with Gasteiger partial charge in [-0.2, -0.15) is 0 Å². The molecule has 2 aromatic carbocycles. The molecule has 1 aliphatic heterocycles. The Hall–Kier alpha value is -3.02.